The molecule has 0 fully saturated rings. The number of aryl methyl sites for hydroxylation is 2. The molecular weight excluding hydrogens is 300 g/mol. The molecule has 0 bridgehead atoms. The first-order valence-corrected chi connectivity index (χ1v) is 8.55. The van der Waals surface area contributed by atoms with Crippen molar-refractivity contribution in [3.8, 4) is 11.1 Å². The second kappa shape index (κ2) is 7.95. The van der Waals surface area contributed by atoms with E-state index in [9.17, 15) is 9.90 Å². The molecule has 1 heterocycles. The lowest BCUT2D eigenvalue weighted by atomic mass is 9.95. The molecule has 4 nitrogen and oxygen atoms in total. The van der Waals surface area contributed by atoms with Crippen molar-refractivity contribution in [2.45, 2.75) is 40.5 Å². The average Bonchev–Trinajstić information content (AvgIpc) is 2.55. The summed E-state index contributed by atoms with van der Waals surface area (Å²) in [5.74, 6) is -0.345. The van der Waals surface area contributed by atoms with Crippen LogP contribution < -0.4 is 4.90 Å². The summed E-state index contributed by atoms with van der Waals surface area (Å²) in [6.45, 7) is 9.66. The molecule has 2 rings (SSSR count). The fourth-order valence-corrected chi connectivity index (χ4v) is 2.95. The van der Waals surface area contributed by atoms with Crippen molar-refractivity contribution in [1.82, 2.24) is 4.98 Å². The van der Waals surface area contributed by atoms with Gasteiger partial charge in [0.1, 0.15) is 11.4 Å². The zero-order valence-corrected chi connectivity index (χ0v) is 15.0. The molecule has 0 amide bonds. The number of carbonyl (C=O) groups is 1. The highest BCUT2D eigenvalue weighted by atomic mass is 16.4. The number of benzene rings is 1. The summed E-state index contributed by atoms with van der Waals surface area (Å²) < 4.78 is 0. The van der Waals surface area contributed by atoms with Crippen molar-refractivity contribution in [3.63, 3.8) is 0 Å². The minimum Gasteiger partial charge on any atom is -0.478 e. The molecule has 0 aliphatic carbocycles. The highest BCUT2D eigenvalue weighted by molar-refractivity contribution is 6.01. The van der Waals surface area contributed by atoms with Crippen LogP contribution in [0.2, 0.25) is 0 Å². The summed E-state index contributed by atoms with van der Waals surface area (Å²) in [7, 11) is 0. The van der Waals surface area contributed by atoms with E-state index in [0.29, 0.717) is 11.4 Å². The number of aromatic nitrogens is 1. The van der Waals surface area contributed by atoms with E-state index in [4.69, 9.17) is 0 Å². The third-order valence-electron chi connectivity index (χ3n) is 4.24. The van der Waals surface area contributed by atoms with Gasteiger partial charge in [-0.2, -0.15) is 0 Å². The van der Waals surface area contributed by atoms with Gasteiger partial charge in [0, 0.05) is 24.3 Å². The molecular formula is C20H26N2O2. The van der Waals surface area contributed by atoms with Crippen molar-refractivity contribution < 1.29 is 9.90 Å². The van der Waals surface area contributed by atoms with Crippen LogP contribution in [0.25, 0.3) is 11.1 Å². The Labute approximate surface area is 144 Å². The Balaban J connectivity index is 2.68. The molecule has 128 valence electrons. The van der Waals surface area contributed by atoms with Crippen LogP contribution in [0.3, 0.4) is 0 Å². The van der Waals surface area contributed by atoms with E-state index in [0.717, 1.165) is 48.3 Å². The maximum absolute atomic E-state index is 12.1. The van der Waals surface area contributed by atoms with E-state index >= 15 is 0 Å². The zero-order chi connectivity index (χ0) is 17.7. The SMILES string of the molecule is CCCCN(CC)c1nc(C)cc(-c2ccccc2C)c1C(=O)O. The number of hydrogen-bond acceptors (Lipinski definition) is 3. The quantitative estimate of drug-likeness (QED) is 0.802. The Bertz CT molecular complexity index is 726. The van der Waals surface area contributed by atoms with Gasteiger partial charge in [-0.05, 0) is 44.4 Å². The second-order valence-electron chi connectivity index (χ2n) is 6.06. The molecule has 1 N–H and O–H groups in total. The van der Waals surface area contributed by atoms with Crippen molar-refractivity contribution >= 4 is 11.8 Å². The minimum absolute atomic E-state index is 0.299. The molecule has 4 heteroatoms. The highest BCUT2D eigenvalue weighted by Gasteiger charge is 2.23. The summed E-state index contributed by atoms with van der Waals surface area (Å²) in [5.41, 5.74) is 3.90. The summed E-state index contributed by atoms with van der Waals surface area (Å²) in [6, 6.07) is 9.77. The number of carboxylic acids is 1. The number of aromatic carboxylic acids is 1. The second-order valence-corrected chi connectivity index (χ2v) is 6.06. The van der Waals surface area contributed by atoms with Crippen LogP contribution in [0.15, 0.2) is 30.3 Å². The lowest BCUT2D eigenvalue weighted by Crippen LogP contribution is -2.27. The Morgan fingerprint density at radius 1 is 1.17 bits per heavy atom. The number of unbranched alkanes of at least 4 members (excludes halogenated alkanes) is 1. The summed E-state index contributed by atoms with van der Waals surface area (Å²) in [5, 5.41) is 9.89. The van der Waals surface area contributed by atoms with Crippen LogP contribution in [-0.2, 0) is 0 Å². The molecule has 0 unspecified atom stereocenters. The summed E-state index contributed by atoms with van der Waals surface area (Å²) in [6.07, 6.45) is 2.08. The van der Waals surface area contributed by atoms with Gasteiger partial charge in [0.25, 0.3) is 0 Å². The maximum Gasteiger partial charge on any atom is 0.340 e. The molecule has 24 heavy (non-hydrogen) atoms. The molecule has 0 spiro atoms. The van der Waals surface area contributed by atoms with Gasteiger partial charge in [-0.1, -0.05) is 37.6 Å². The number of hydrogen-bond donors (Lipinski definition) is 1. The smallest absolute Gasteiger partial charge is 0.340 e. The van der Waals surface area contributed by atoms with E-state index in [1.165, 1.54) is 0 Å². The molecule has 2 aromatic rings. The monoisotopic (exact) mass is 326 g/mol. The highest BCUT2D eigenvalue weighted by Crippen LogP contribution is 2.33. The summed E-state index contributed by atoms with van der Waals surface area (Å²) in [4.78, 5) is 18.7. The first kappa shape index (κ1) is 18.0. The van der Waals surface area contributed by atoms with E-state index < -0.39 is 5.97 Å². The third kappa shape index (κ3) is 3.75. The number of anilines is 1. The van der Waals surface area contributed by atoms with Crippen LogP contribution in [-0.4, -0.2) is 29.1 Å². The topological polar surface area (TPSA) is 53.4 Å². The standard InChI is InChI=1S/C20H26N2O2/c1-5-7-12-22(6-2)19-18(20(23)24)17(13-15(4)21-19)16-11-9-8-10-14(16)3/h8-11,13H,5-7,12H2,1-4H3,(H,23,24). The predicted octanol–water partition coefficient (Wildman–Crippen LogP) is 4.69. The Hall–Kier alpha value is -2.36. The van der Waals surface area contributed by atoms with E-state index in [1.54, 1.807) is 0 Å². The third-order valence-corrected chi connectivity index (χ3v) is 4.24. The first-order valence-electron chi connectivity index (χ1n) is 8.55. The van der Waals surface area contributed by atoms with Gasteiger partial charge >= 0.3 is 5.97 Å². The minimum atomic E-state index is -0.925. The predicted molar refractivity (Wildman–Crippen MR) is 98.9 cm³/mol. The van der Waals surface area contributed by atoms with Crippen LogP contribution in [0, 0.1) is 13.8 Å². The largest absolute Gasteiger partial charge is 0.478 e. The van der Waals surface area contributed by atoms with Crippen molar-refractivity contribution in [3.05, 3.63) is 47.2 Å². The Kier molecular flexibility index (Phi) is 5.96. The van der Waals surface area contributed by atoms with Gasteiger partial charge in [0.05, 0.1) is 0 Å². The summed E-state index contributed by atoms with van der Waals surface area (Å²) >= 11 is 0. The van der Waals surface area contributed by atoms with Crippen molar-refractivity contribution in [2.75, 3.05) is 18.0 Å². The number of rotatable bonds is 7. The maximum atomic E-state index is 12.1. The van der Waals surface area contributed by atoms with Gasteiger partial charge in [-0.15, -0.1) is 0 Å². The number of pyridine rings is 1. The molecule has 0 saturated heterocycles. The Morgan fingerprint density at radius 2 is 1.88 bits per heavy atom. The lowest BCUT2D eigenvalue weighted by molar-refractivity contribution is 0.0698. The normalized spacial score (nSPS) is 10.7. The van der Waals surface area contributed by atoms with Gasteiger partial charge in [0.15, 0.2) is 0 Å². The molecule has 0 atom stereocenters. The van der Waals surface area contributed by atoms with Crippen LogP contribution in [0.4, 0.5) is 5.82 Å². The van der Waals surface area contributed by atoms with E-state index in [1.807, 2.05) is 51.1 Å². The van der Waals surface area contributed by atoms with Crippen LogP contribution in [0.1, 0.15) is 48.3 Å². The zero-order valence-electron chi connectivity index (χ0n) is 15.0. The van der Waals surface area contributed by atoms with Gasteiger partial charge < -0.3 is 10.0 Å². The molecule has 0 aliphatic heterocycles. The van der Waals surface area contributed by atoms with Gasteiger partial charge in [0.2, 0.25) is 0 Å². The van der Waals surface area contributed by atoms with Crippen molar-refractivity contribution in [1.29, 1.82) is 0 Å². The number of carboxylic acid groups (broad SMARTS) is 1. The van der Waals surface area contributed by atoms with Gasteiger partial charge in [-0.3, -0.25) is 0 Å². The molecule has 0 radical (unpaired) electrons. The fraction of sp³-hybridized carbons (Fsp3) is 0.400. The van der Waals surface area contributed by atoms with Gasteiger partial charge in [-0.25, -0.2) is 9.78 Å². The molecule has 1 aromatic carbocycles. The van der Waals surface area contributed by atoms with E-state index in [-0.39, 0.29) is 0 Å². The number of nitrogens with zero attached hydrogens (tertiary/aromatic N) is 2. The lowest BCUT2D eigenvalue weighted by Gasteiger charge is -2.25. The molecule has 0 aliphatic rings. The molecule has 1 aromatic heterocycles. The van der Waals surface area contributed by atoms with E-state index in [2.05, 4.69) is 16.8 Å². The Morgan fingerprint density at radius 3 is 2.46 bits per heavy atom. The first-order chi connectivity index (χ1) is 11.5. The van der Waals surface area contributed by atoms with Crippen LogP contribution in [0.5, 0.6) is 0 Å². The van der Waals surface area contributed by atoms with Crippen LogP contribution >= 0.6 is 0 Å². The van der Waals surface area contributed by atoms with Crippen molar-refractivity contribution in [2.24, 2.45) is 0 Å². The fourth-order valence-electron chi connectivity index (χ4n) is 2.95. The average molecular weight is 326 g/mol. The molecule has 0 saturated carbocycles.